The summed E-state index contributed by atoms with van der Waals surface area (Å²) in [6, 6.07) is 0. The van der Waals surface area contributed by atoms with Crippen LogP contribution in [0.15, 0.2) is 11.6 Å². The van der Waals surface area contributed by atoms with Crippen molar-refractivity contribution < 1.29 is 4.74 Å². The number of rotatable bonds is 0. The Balaban J connectivity index is 0.000000543. The largest absolute Gasteiger partial charge is 0.364 e. The van der Waals surface area contributed by atoms with E-state index in [0.29, 0.717) is 6.10 Å². The summed E-state index contributed by atoms with van der Waals surface area (Å²) in [4.78, 5) is 0. The van der Waals surface area contributed by atoms with Crippen LogP contribution in [0.1, 0.15) is 125 Å². The molecule has 1 aliphatic rings. The minimum Gasteiger partial charge on any atom is -0.364 e. The minimum absolute atomic E-state index is 0.0260. The van der Waals surface area contributed by atoms with E-state index < -0.39 is 0 Å². The summed E-state index contributed by atoms with van der Waals surface area (Å²) in [6.07, 6.45) is 2.82. The molecule has 1 rings (SSSR count). The van der Waals surface area contributed by atoms with Gasteiger partial charge in [-0.25, -0.2) is 0 Å². The van der Waals surface area contributed by atoms with Crippen molar-refractivity contribution in [2.24, 2.45) is 32.5 Å². The van der Waals surface area contributed by atoms with E-state index in [9.17, 15) is 0 Å². The number of epoxide rings is 1. The highest BCUT2D eigenvalue weighted by Gasteiger charge is 2.71. The molecule has 0 amide bonds. The second-order valence-electron chi connectivity index (χ2n) is 15.5. The summed E-state index contributed by atoms with van der Waals surface area (Å²) in [7, 11) is 0. The molecule has 29 heavy (non-hydrogen) atoms. The number of allylic oxidation sites excluding steroid dienone is 2. The molecule has 0 saturated carbocycles. The van der Waals surface area contributed by atoms with Crippen molar-refractivity contribution in [2.45, 2.75) is 136 Å². The first-order valence-electron chi connectivity index (χ1n) is 11.6. The van der Waals surface area contributed by atoms with Crippen LogP contribution in [0, 0.1) is 32.5 Å². The Morgan fingerprint density at radius 3 is 0.966 bits per heavy atom. The predicted octanol–water partition coefficient (Wildman–Crippen LogP) is 9.31. The SMILES string of the molecule is CC(C)(C)C1OC1(C(C)(C)C)C(C)(C)C.CC(C)(C)C=C(C(C)(C)C)C(C)(C)C. The van der Waals surface area contributed by atoms with E-state index in [1.165, 1.54) is 0 Å². The Hall–Kier alpha value is -0.300. The summed E-state index contributed by atoms with van der Waals surface area (Å²) in [5.74, 6) is 0. The third-order valence-electron chi connectivity index (χ3n) is 5.82. The average Bonchev–Trinajstić information content (AvgIpc) is 3.08. The van der Waals surface area contributed by atoms with E-state index in [2.05, 4.69) is 131 Å². The zero-order valence-electron chi connectivity index (χ0n) is 23.6. The Labute approximate surface area is 185 Å². The lowest BCUT2D eigenvalue weighted by atomic mass is 9.61. The van der Waals surface area contributed by atoms with Gasteiger partial charge in [0.15, 0.2) is 0 Å². The first-order valence-corrected chi connectivity index (χ1v) is 11.6. The Morgan fingerprint density at radius 2 is 0.897 bits per heavy atom. The maximum atomic E-state index is 6.20. The third kappa shape index (κ3) is 7.41. The van der Waals surface area contributed by atoms with E-state index in [0.717, 1.165) is 0 Å². The Morgan fingerprint density at radius 1 is 0.586 bits per heavy atom. The van der Waals surface area contributed by atoms with Crippen LogP contribution in [0.2, 0.25) is 0 Å². The van der Waals surface area contributed by atoms with Crippen molar-refractivity contribution in [1.82, 2.24) is 0 Å². The first kappa shape index (κ1) is 28.7. The molecule has 0 bridgehead atoms. The topological polar surface area (TPSA) is 12.5 Å². The molecule has 0 aromatic carbocycles. The van der Waals surface area contributed by atoms with Gasteiger partial charge >= 0.3 is 0 Å². The fourth-order valence-corrected chi connectivity index (χ4v) is 5.19. The molecule has 0 N–H and O–H groups in total. The fourth-order valence-electron chi connectivity index (χ4n) is 5.19. The fraction of sp³-hybridized carbons (Fsp3) is 0.929. The lowest BCUT2D eigenvalue weighted by Crippen LogP contribution is -2.46. The van der Waals surface area contributed by atoms with Gasteiger partial charge in [0.2, 0.25) is 0 Å². The Bertz CT molecular complexity index is 533. The summed E-state index contributed by atoms with van der Waals surface area (Å²) in [5, 5.41) is 0. The Kier molecular flexibility index (Phi) is 7.91. The van der Waals surface area contributed by atoms with Gasteiger partial charge in [-0.3, -0.25) is 0 Å². The molecule has 1 nitrogen and oxygen atoms in total. The molecular weight excluding hydrogens is 352 g/mol. The second-order valence-corrected chi connectivity index (χ2v) is 15.5. The molecule has 1 heterocycles. The van der Waals surface area contributed by atoms with Gasteiger partial charge in [-0.2, -0.15) is 0 Å². The van der Waals surface area contributed by atoms with Crippen molar-refractivity contribution in [3.05, 3.63) is 11.6 Å². The lowest BCUT2D eigenvalue weighted by molar-refractivity contribution is 0.0486. The van der Waals surface area contributed by atoms with Crippen LogP contribution in [-0.2, 0) is 4.74 Å². The molecule has 0 aliphatic carbocycles. The van der Waals surface area contributed by atoms with Crippen LogP contribution in [-0.4, -0.2) is 11.7 Å². The van der Waals surface area contributed by atoms with E-state index >= 15 is 0 Å². The molecule has 0 aromatic heterocycles. The molecule has 1 saturated heterocycles. The molecule has 0 aromatic rings. The van der Waals surface area contributed by atoms with Crippen LogP contribution in [0.25, 0.3) is 0 Å². The lowest BCUT2D eigenvalue weighted by Gasteiger charge is -2.40. The van der Waals surface area contributed by atoms with Gasteiger partial charge in [0.25, 0.3) is 0 Å². The minimum atomic E-state index is 0.0260. The number of hydrogen-bond donors (Lipinski definition) is 0. The third-order valence-corrected chi connectivity index (χ3v) is 5.82. The molecule has 0 spiro atoms. The predicted molar refractivity (Wildman–Crippen MR) is 132 cm³/mol. The second kappa shape index (κ2) is 7.99. The number of ether oxygens (including phenoxy) is 1. The highest BCUT2D eigenvalue weighted by Crippen LogP contribution is 2.64. The highest BCUT2D eigenvalue weighted by atomic mass is 16.6. The van der Waals surface area contributed by atoms with Crippen LogP contribution < -0.4 is 0 Å². The van der Waals surface area contributed by atoms with Crippen molar-refractivity contribution in [2.75, 3.05) is 0 Å². The normalized spacial score (nSPS) is 20.6. The molecule has 174 valence electrons. The molecule has 1 unspecified atom stereocenters. The van der Waals surface area contributed by atoms with Crippen molar-refractivity contribution >= 4 is 0 Å². The first-order chi connectivity index (χ1) is 12.2. The zero-order chi connectivity index (χ0) is 24.1. The molecular formula is C28H56O. The number of hydrogen-bond acceptors (Lipinski definition) is 1. The maximum absolute atomic E-state index is 6.20. The van der Waals surface area contributed by atoms with Gasteiger partial charge < -0.3 is 4.74 Å². The van der Waals surface area contributed by atoms with Gasteiger partial charge in [-0.1, -0.05) is 136 Å². The van der Waals surface area contributed by atoms with E-state index in [-0.39, 0.29) is 38.1 Å². The monoisotopic (exact) mass is 408 g/mol. The molecule has 1 aliphatic heterocycles. The van der Waals surface area contributed by atoms with Gasteiger partial charge in [0, 0.05) is 0 Å². The van der Waals surface area contributed by atoms with Crippen LogP contribution >= 0.6 is 0 Å². The summed E-state index contributed by atoms with van der Waals surface area (Å²) in [6.45, 7) is 41.2. The standard InChI is InChI=1S/C14H28O.C14H28/c1-11(2,3)10-14(15-10,12(4,5)6)13(7,8)9;1-12(2,3)10-11(13(4,5)6)14(7,8)9/h10H,1-9H3;10H,1-9H3. The maximum Gasteiger partial charge on any atom is 0.105 e. The molecule has 1 atom stereocenters. The van der Waals surface area contributed by atoms with Gasteiger partial charge in [-0.05, 0) is 32.5 Å². The summed E-state index contributed by atoms with van der Waals surface area (Å²) < 4.78 is 6.20. The zero-order valence-corrected chi connectivity index (χ0v) is 23.6. The quantitative estimate of drug-likeness (QED) is 0.287. The van der Waals surface area contributed by atoms with Crippen molar-refractivity contribution in [3.63, 3.8) is 0 Å². The van der Waals surface area contributed by atoms with E-state index in [1.54, 1.807) is 5.57 Å². The van der Waals surface area contributed by atoms with Crippen molar-refractivity contribution in [1.29, 1.82) is 0 Å². The average molecular weight is 409 g/mol. The van der Waals surface area contributed by atoms with Gasteiger partial charge in [-0.15, -0.1) is 0 Å². The molecule has 0 radical (unpaired) electrons. The van der Waals surface area contributed by atoms with Crippen LogP contribution in [0.5, 0.6) is 0 Å². The van der Waals surface area contributed by atoms with Crippen LogP contribution in [0.3, 0.4) is 0 Å². The van der Waals surface area contributed by atoms with Crippen LogP contribution in [0.4, 0.5) is 0 Å². The summed E-state index contributed by atoms with van der Waals surface area (Å²) >= 11 is 0. The molecule has 1 heteroatoms. The smallest absolute Gasteiger partial charge is 0.105 e. The van der Waals surface area contributed by atoms with Gasteiger partial charge in [0.05, 0.1) is 6.10 Å². The summed E-state index contributed by atoms with van der Waals surface area (Å²) in [5.41, 5.74) is 3.02. The highest BCUT2D eigenvalue weighted by molar-refractivity contribution is 5.21. The van der Waals surface area contributed by atoms with Crippen molar-refractivity contribution in [3.8, 4) is 0 Å². The molecule has 1 fully saturated rings. The van der Waals surface area contributed by atoms with E-state index in [4.69, 9.17) is 4.74 Å². The van der Waals surface area contributed by atoms with Gasteiger partial charge in [0.1, 0.15) is 5.60 Å². The van der Waals surface area contributed by atoms with E-state index in [1.807, 2.05) is 0 Å².